The van der Waals surface area contributed by atoms with Crippen molar-refractivity contribution < 1.29 is 22.3 Å². The van der Waals surface area contributed by atoms with Gasteiger partial charge in [-0.25, -0.2) is 9.82 Å². The monoisotopic (exact) mass is 238 g/mol. The molecular formula is C9H10F4N2O. The molecule has 0 aliphatic carbocycles. The van der Waals surface area contributed by atoms with Crippen molar-refractivity contribution in [2.75, 3.05) is 7.11 Å². The number of hydrogen-bond donors (Lipinski definition) is 2. The standard InChI is InChI=1S/C9H10F4N2O/c1-16-6-4-2-3-5(7(6)10)8(15-14)9(11,12)13/h2-4,8,15H,14H2,1H3. The quantitative estimate of drug-likeness (QED) is 0.480. The van der Waals surface area contributed by atoms with Gasteiger partial charge < -0.3 is 4.74 Å². The van der Waals surface area contributed by atoms with Crippen LogP contribution in [0.2, 0.25) is 0 Å². The maximum atomic E-state index is 13.5. The minimum Gasteiger partial charge on any atom is -0.494 e. The molecule has 0 fully saturated rings. The third-order valence-electron chi connectivity index (χ3n) is 2.02. The molecule has 1 aromatic carbocycles. The fourth-order valence-electron chi connectivity index (χ4n) is 1.27. The molecule has 0 aromatic heterocycles. The maximum Gasteiger partial charge on any atom is 0.409 e. The molecule has 0 saturated heterocycles. The van der Waals surface area contributed by atoms with E-state index in [-0.39, 0.29) is 5.75 Å². The zero-order valence-corrected chi connectivity index (χ0v) is 8.31. The van der Waals surface area contributed by atoms with Gasteiger partial charge in [0.25, 0.3) is 0 Å². The van der Waals surface area contributed by atoms with Crippen LogP contribution < -0.4 is 16.0 Å². The Bertz CT molecular complexity index is 367. The first-order valence-electron chi connectivity index (χ1n) is 4.27. The molecule has 90 valence electrons. The number of halogens is 4. The van der Waals surface area contributed by atoms with Crippen LogP contribution in [-0.4, -0.2) is 13.3 Å². The SMILES string of the molecule is COc1cccc(C(NN)C(F)(F)F)c1F. The van der Waals surface area contributed by atoms with E-state index >= 15 is 0 Å². The summed E-state index contributed by atoms with van der Waals surface area (Å²) in [7, 11) is 1.17. The lowest BCUT2D eigenvalue weighted by atomic mass is 10.1. The summed E-state index contributed by atoms with van der Waals surface area (Å²) in [5.41, 5.74) is 0.927. The Balaban J connectivity index is 3.21. The Morgan fingerprint density at radius 2 is 2.00 bits per heavy atom. The van der Waals surface area contributed by atoms with Crippen molar-refractivity contribution in [1.29, 1.82) is 0 Å². The minimum atomic E-state index is -4.68. The van der Waals surface area contributed by atoms with Crippen molar-refractivity contribution in [3.63, 3.8) is 0 Å². The summed E-state index contributed by atoms with van der Waals surface area (Å²) in [5.74, 6) is 3.43. The molecule has 0 amide bonds. The number of nitrogens with two attached hydrogens (primary N) is 1. The summed E-state index contributed by atoms with van der Waals surface area (Å²) in [4.78, 5) is 0. The van der Waals surface area contributed by atoms with E-state index in [0.717, 1.165) is 6.07 Å². The van der Waals surface area contributed by atoms with Gasteiger partial charge in [-0.2, -0.15) is 13.2 Å². The second-order valence-electron chi connectivity index (χ2n) is 3.00. The van der Waals surface area contributed by atoms with E-state index in [1.807, 2.05) is 0 Å². The fraction of sp³-hybridized carbons (Fsp3) is 0.333. The van der Waals surface area contributed by atoms with Crippen LogP contribution in [0, 0.1) is 5.82 Å². The second kappa shape index (κ2) is 4.67. The molecule has 16 heavy (non-hydrogen) atoms. The zero-order valence-electron chi connectivity index (χ0n) is 8.31. The number of nitrogens with one attached hydrogen (secondary N) is 1. The van der Waals surface area contributed by atoms with E-state index in [1.165, 1.54) is 24.7 Å². The van der Waals surface area contributed by atoms with Crippen molar-refractivity contribution in [3.8, 4) is 5.75 Å². The highest BCUT2D eigenvalue weighted by Crippen LogP contribution is 2.35. The maximum absolute atomic E-state index is 13.5. The van der Waals surface area contributed by atoms with E-state index in [1.54, 1.807) is 0 Å². The molecule has 1 atom stereocenters. The molecule has 0 radical (unpaired) electrons. The Hall–Kier alpha value is -1.34. The van der Waals surface area contributed by atoms with E-state index in [0.29, 0.717) is 0 Å². The van der Waals surface area contributed by atoms with Crippen LogP contribution in [0.4, 0.5) is 17.6 Å². The summed E-state index contributed by atoms with van der Waals surface area (Å²) in [5, 5.41) is 0. The second-order valence-corrected chi connectivity index (χ2v) is 3.00. The molecular weight excluding hydrogens is 228 g/mol. The van der Waals surface area contributed by atoms with Crippen LogP contribution in [0.15, 0.2) is 18.2 Å². The number of hydrazine groups is 1. The number of ether oxygens (including phenoxy) is 1. The third-order valence-corrected chi connectivity index (χ3v) is 2.02. The van der Waals surface area contributed by atoms with Crippen molar-refractivity contribution in [3.05, 3.63) is 29.6 Å². The number of alkyl halides is 3. The molecule has 0 saturated carbocycles. The lowest BCUT2D eigenvalue weighted by Gasteiger charge is -2.20. The predicted octanol–water partition coefficient (Wildman–Crippen LogP) is 1.90. The van der Waals surface area contributed by atoms with E-state index in [9.17, 15) is 17.6 Å². The van der Waals surface area contributed by atoms with E-state index in [2.05, 4.69) is 4.74 Å². The highest BCUT2D eigenvalue weighted by molar-refractivity contribution is 5.33. The molecule has 3 nitrogen and oxygen atoms in total. The first kappa shape index (κ1) is 12.7. The highest BCUT2D eigenvalue weighted by Gasteiger charge is 2.42. The Morgan fingerprint density at radius 1 is 1.38 bits per heavy atom. The summed E-state index contributed by atoms with van der Waals surface area (Å²) in [6, 6.07) is 1.22. The van der Waals surface area contributed by atoms with Crippen LogP contribution in [-0.2, 0) is 0 Å². The minimum absolute atomic E-state index is 0.262. The molecule has 1 aromatic rings. The molecule has 3 N–H and O–H groups in total. The van der Waals surface area contributed by atoms with E-state index < -0.39 is 23.6 Å². The molecule has 1 rings (SSSR count). The average molecular weight is 238 g/mol. The first-order chi connectivity index (χ1) is 7.41. The first-order valence-corrected chi connectivity index (χ1v) is 4.27. The van der Waals surface area contributed by atoms with Crippen molar-refractivity contribution in [2.45, 2.75) is 12.2 Å². The molecule has 0 spiro atoms. The number of hydrogen-bond acceptors (Lipinski definition) is 3. The van der Waals surface area contributed by atoms with Gasteiger partial charge in [0.1, 0.15) is 6.04 Å². The van der Waals surface area contributed by atoms with Gasteiger partial charge >= 0.3 is 6.18 Å². The van der Waals surface area contributed by atoms with Crippen LogP contribution in [0.1, 0.15) is 11.6 Å². The van der Waals surface area contributed by atoms with Gasteiger partial charge in [0.15, 0.2) is 11.6 Å². The van der Waals surface area contributed by atoms with Gasteiger partial charge in [0.2, 0.25) is 0 Å². The number of methoxy groups -OCH3 is 1. The molecule has 0 heterocycles. The van der Waals surface area contributed by atoms with Crippen molar-refractivity contribution in [1.82, 2.24) is 5.43 Å². The van der Waals surface area contributed by atoms with Gasteiger partial charge in [-0.1, -0.05) is 12.1 Å². The molecule has 0 aliphatic heterocycles. The van der Waals surface area contributed by atoms with Crippen molar-refractivity contribution >= 4 is 0 Å². The summed E-state index contributed by atoms with van der Waals surface area (Å²) >= 11 is 0. The van der Waals surface area contributed by atoms with Gasteiger partial charge in [0.05, 0.1) is 7.11 Å². The third kappa shape index (κ3) is 2.42. The molecule has 7 heteroatoms. The topological polar surface area (TPSA) is 47.3 Å². The largest absolute Gasteiger partial charge is 0.494 e. The molecule has 0 bridgehead atoms. The van der Waals surface area contributed by atoms with Crippen molar-refractivity contribution in [2.24, 2.45) is 5.84 Å². The Morgan fingerprint density at radius 3 is 2.44 bits per heavy atom. The number of benzene rings is 1. The van der Waals surface area contributed by atoms with Gasteiger partial charge in [-0.05, 0) is 6.07 Å². The lowest BCUT2D eigenvalue weighted by Crippen LogP contribution is -2.39. The average Bonchev–Trinajstić information content (AvgIpc) is 2.19. The van der Waals surface area contributed by atoms with E-state index in [4.69, 9.17) is 5.84 Å². The van der Waals surface area contributed by atoms with Crippen LogP contribution >= 0.6 is 0 Å². The molecule has 1 unspecified atom stereocenters. The predicted molar refractivity (Wildman–Crippen MR) is 49.1 cm³/mol. The normalized spacial score (nSPS) is 13.6. The van der Waals surface area contributed by atoms with Gasteiger partial charge in [0, 0.05) is 5.56 Å². The highest BCUT2D eigenvalue weighted by atomic mass is 19.4. The van der Waals surface area contributed by atoms with Gasteiger partial charge in [-0.3, -0.25) is 5.84 Å². The zero-order chi connectivity index (χ0) is 12.3. The van der Waals surface area contributed by atoms with Crippen LogP contribution in [0.5, 0.6) is 5.75 Å². The molecule has 0 aliphatic rings. The summed E-state index contributed by atoms with van der Waals surface area (Å²) < 4.78 is 55.5. The number of rotatable bonds is 3. The lowest BCUT2D eigenvalue weighted by molar-refractivity contribution is -0.158. The Labute approximate surface area is 89.2 Å². The Kier molecular flexibility index (Phi) is 3.71. The van der Waals surface area contributed by atoms with Crippen LogP contribution in [0.3, 0.4) is 0 Å². The fourth-order valence-corrected chi connectivity index (χ4v) is 1.27. The summed E-state index contributed by atoms with van der Waals surface area (Å²) in [6.45, 7) is 0. The van der Waals surface area contributed by atoms with Crippen LogP contribution in [0.25, 0.3) is 0 Å². The smallest absolute Gasteiger partial charge is 0.409 e. The summed E-state index contributed by atoms with van der Waals surface area (Å²) in [6.07, 6.45) is -4.68. The van der Waals surface area contributed by atoms with Gasteiger partial charge in [-0.15, -0.1) is 0 Å².